The van der Waals surface area contributed by atoms with Gasteiger partial charge in [0.2, 0.25) is 5.54 Å². The van der Waals surface area contributed by atoms with Gasteiger partial charge in [-0.1, -0.05) is 6.07 Å². The molecule has 106 valence electrons. The molecule has 0 aliphatic rings. The largest absolute Gasteiger partial charge is 0.493 e. The minimum absolute atomic E-state index is 0.0414. The van der Waals surface area contributed by atoms with Crippen LogP contribution in [0.25, 0.3) is 0 Å². The van der Waals surface area contributed by atoms with Crippen molar-refractivity contribution in [3.05, 3.63) is 23.8 Å². The van der Waals surface area contributed by atoms with Crippen LogP contribution >= 0.6 is 0 Å². The van der Waals surface area contributed by atoms with E-state index in [-0.39, 0.29) is 11.5 Å². The van der Waals surface area contributed by atoms with Crippen LogP contribution in [0.5, 0.6) is 11.5 Å². The second-order valence-corrected chi connectivity index (χ2v) is 3.68. The third-order valence-corrected chi connectivity index (χ3v) is 2.62. The van der Waals surface area contributed by atoms with Crippen molar-refractivity contribution in [2.75, 3.05) is 14.2 Å². The highest BCUT2D eigenvalue weighted by Crippen LogP contribution is 2.40. The van der Waals surface area contributed by atoms with E-state index in [1.807, 2.05) is 0 Å². The summed E-state index contributed by atoms with van der Waals surface area (Å²) in [6.07, 6.45) is -5.15. The zero-order valence-electron chi connectivity index (χ0n) is 10.1. The normalized spacial score (nSPS) is 14.6. The number of carbonyl (C=O) groups is 1. The van der Waals surface area contributed by atoms with E-state index in [0.29, 0.717) is 0 Å². The molecule has 0 fully saturated rings. The minimum Gasteiger partial charge on any atom is -0.493 e. The molecule has 5 nitrogen and oxygen atoms in total. The van der Waals surface area contributed by atoms with Crippen LogP contribution in [0.15, 0.2) is 18.2 Å². The van der Waals surface area contributed by atoms with Crippen LogP contribution < -0.4 is 15.2 Å². The molecule has 19 heavy (non-hydrogen) atoms. The van der Waals surface area contributed by atoms with Crippen LogP contribution in [0, 0.1) is 0 Å². The second kappa shape index (κ2) is 4.96. The third kappa shape index (κ3) is 2.43. The molecule has 0 saturated heterocycles. The maximum atomic E-state index is 12.9. The fourth-order valence-electron chi connectivity index (χ4n) is 1.49. The molecule has 0 saturated carbocycles. The lowest BCUT2D eigenvalue weighted by Gasteiger charge is -2.28. The molecule has 8 heteroatoms. The van der Waals surface area contributed by atoms with Gasteiger partial charge in [-0.05, 0) is 17.7 Å². The molecule has 1 atom stereocenters. The molecule has 0 amide bonds. The summed E-state index contributed by atoms with van der Waals surface area (Å²) >= 11 is 0. The van der Waals surface area contributed by atoms with Crippen LogP contribution in [0.3, 0.4) is 0 Å². The van der Waals surface area contributed by atoms with Crippen molar-refractivity contribution in [2.45, 2.75) is 11.7 Å². The molecule has 0 aliphatic heterocycles. The average Bonchev–Trinajstić information content (AvgIpc) is 2.35. The third-order valence-electron chi connectivity index (χ3n) is 2.62. The molecule has 0 radical (unpaired) electrons. The zero-order chi connectivity index (χ0) is 14.8. The summed E-state index contributed by atoms with van der Waals surface area (Å²) in [7, 11) is 2.52. The molecule has 0 aromatic heterocycles. The average molecular weight is 279 g/mol. The molecular formula is C11H12F3NO4. The lowest BCUT2D eigenvalue weighted by molar-refractivity contribution is -0.204. The molecule has 1 unspecified atom stereocenters. The van der Waals surface area contributed by atoms with Gasteiger partial charge in [0.15, 0.2) is 11.5 Å². The van der Waals surface area contributed by atoms with E-state index in [2.05, 4.69) is 0 Å². The number of rotatable bonds is 4. The molecule has 0 aliphatic carbocycles. The molecule has 1 aromatic carbocycles. The first-order valence-electron chi connectivity index (χ1n) is 5.00. The topological polar surface area (TPSA) is 81.8 Å². The SMILES string of the molecule is COc1ccc(C(N)(C(=O)O)C(F)(F)F)cc1OC. The first kappa shape index (κ1) is 15.1. The second-order valence-electron chi connectivity index (χ2n) is 3.68. The molecule has 0 bridgehead atoms. The number of ether oxygens (including phenoxy) is 2. The Labute approximate surface area is 106 Å². The highest BCUT2D eigenvalue weighted by molar-refractivity contribution is 5.82. The number of aliphatic carboxylic acids is 1. The summed E-state index contributed by atoms with van der Waals surface area (Å²) < 4.78 is 48.3. The Kier molecular flexibility index (Phi) is 3.94. The van der Waals surface area contributed by atoms with Crippen molar-refractivity contribution < 1.29 is 32.5 Å². The van der Waals surface area contributed by atoms with Gasteiger partial charge in [0.1, 0.15) is 0 Å². The fraction of sp³-hybridized carbons (Fsp3) is 0.364. The van der Waals surface area contributed by atoms with Crippen LogP contribution in [-0.4, -0.2) is 31.5 Å². The van der Waals surface area contributed by atoms with Crippen LogP contribution in [-0.2, 0) is 10.3 Å². The summed E-state index contributed by atoms with van der Waals surface area (Å²) in [6, 6.07) is 2.98. The number of hydrogen-bond donors (Lipinski definition) is 2. The van der Waals surface area contributed by atoms with Crippen molar-refractivity contribution in [1.82, 2.24) is 0 Å². The van der Waals surface area contributed by atoms with E-state index < -0.39 is 23.2 Å². The van der Waals surface area contributed by atoms with E-state index in [1.54, 1.807) is 0 Å². The van der Waals surface area contributed by atoms with Gasteiger partial charge in [-0.15, -0.1) is 0 Å². The number of hydrogen-bond acceptors (Lipinski definition) is 4. The smallest absolute Gasteiger partial charge is 0.421 e. The number of methoxy groups -OCH3 is 2. The van der Waals surface area contributed by atoms with Gasteiger partial charge >= 0.3 is 12.1 Å². The number of nitrogens with two attached hydrogens (primary N) is 1. The highest BCUT2D eigenvalue weighted by Gasteiger charge is 2.59. The maximum Gasteiger partial charge on any atom is 0.421 e. The lowest BCUT2D eigenvalue weighted by Crippen LogP contribution is -2.56. The Morgan fingerprint density at radius 1 is 1.21 bits per heavy atom. The van der Waals surface area contributed by atoms with Crippen LogP contribution in [0.2, 0.25) is 0 Å². The zero-order valence-corrected chi connectivity index (χ0v) is 10.1. The molecular weight excluding hydrogens is 267 g/mol. The van der Waals surface area contributed by atoms with Crippen molar-refractivity contribution >= 4 is 5.97 Å². The molecule has 1 rings (SSSR count). The van der Waals surface area contributed by atoms with Gasteiger partial charge in [0, 0.05) is 0 Å². The van der Waals surface area contributed by atoms with Gasteiger partial charge in [0.05, 0.1) is 14.2 Å². The van der Waals surface area contributed by atoms with E-state index in [9.17, 15) is 18.0 Å². The number of carboxylic acid groups (broad SMARTS) is 1. The Hall–Kier alpha value is -1.96. The first-order valence-corrected chi connectivity index (χ1v) is 5.00. The molecule has 3 N–H and O–H groups in total. The van der Waals surface area contributed by atoms with E-state index in [1.165, 1.54) is 14.2 Å². The number of carboxylic acids is 1. The van der Waals surface area contributed by atoms with Crippen molar-refractivity contribution in [1.29, 1.82) is 0 Å². The van der Waals surface area contributed by atoms with Crippen LogP contribution in [0.1, 0.15) is 5.56 Å². The van der Waals surface area contributed by atoms with E-state index in [0.717, 1.165) is 18.2 Å². The Bertz CT molecular complexity index is 489. The molecule has 1 aromatic rings. The van der Waals surface area contributed by atoms with Gasteiger partial charge in [-0.25, -0.2) is 4.79 Å². The predicted molar refractivity (Wildman–Crippen MR) is 59.1 cm³/mol. The summed E-state index contributed by atoms with van der Waals surface area (Å²) in [5, 5.41) is 8.79. The summed E-state index contributed by atoms with van der Waals surface area (Å²) in [4.78, 5) is 10.9. The summed E-state index contributed by atoms with van der Waals surface area (Å²) in [6.45, 7) is 0. The quantitative estimate of drug-likeness (QED) is 0.873. The number of halogens is 3. The first-order chi connectivity index (χ1) is 8.68. The Balaban J connectivity index is 3.45. The van der Waals surface area contributed by atoms with E-state index in [4.69, 9.17) is 20.3 Å². The highest BCUT2D eigenvalue weighted by atomic mass is 19.4. The Morgan fingerprint density at radius 3 is 2.11 bits per heavy atom. The molecule has 0 heterocycles. The van der Waals surface area contributed by atoms with Gasteiger partial charge in [0.25, 0.3) is 0 Å². The minimum atomic E-state index is -5.15. The van der Waals surface area contributed by atoms with Gasteiger partial charge in [-0.3, -0.25) is 0 Å². The lowest BCUT2D eigenvalue weighted by atomic mass is 9.90. The van der Waals surface area contributed by atoms with E-state index >= 15 is 0 Å². The van der Waals surface area contributed by atoms with Crippen LogP contribution in [0.4, 0.5) is 13.2 Å². The standard InChI is InChI=1S/C11H12F3NO4/c1-18-7-4-3-6(5-8(7)19-2)10(15,9(16)17)11(12,13)14/h3-5H,15H2,1-2H3,(H,16,17). The van der Waals surface area contributed by atoms with Crippen molar-refractivity contribution in [3.63, 3.8) is 0 Å². The Morgan fingerprint density at radius 2 is 1.74 bits per heavy atom. The number of alkyl halides is 3. The predicted octanol–water partition coefficient (Wildman–Crippen LogP) is 1.50. The summed E-state index contributed by atoms with van der Waals surface area (Å²) in [5.74, 6) is -2.08. The monoisotopic (exact) mass is 279 g/mol. The number of benzene rings is 1. The van der Waals surface area contributed by atoms with Gasteiger partial charge in [-0.2, -0.15) is 13.2 Å². The van der Waals surface area contributed by atoms with Gasteiger partial charge < -0.3 is 20.3 Å². The fourth-order valence-corrected chi connectivity index (χ4v) is 1.49. The van der Waals surface area contributed by atoms with Crippen molar-refractivity contribution in [2.24, 2.45) is 5.73 Å². The van der Waals surface area contributed by atoms with Crippen molar-refractivity contribution in [3.8, 4) is 11.5 Å². The molecule has 0 spiro atoms. The maximum absolute atomic E-state index is 12.9. The summed E-state index contributed by atoms with van der Waals surface area (Å²) in [5.41, 5.74) is 0.878.